The summed E-state index contributed by atoms with van der Waals surface area (Å²) < 4.78 is 1.96. The molecule has 1 aromatic carbocycles. The SMILES string of the molecule is O=C(Cn1ccc2ccc(Cl)cc21)NC1CCCCC1. The molecule has 1 heterocycles. The van der Waals surface area contributed by atoms with Crippen LogP contribution >= 0.6 is 11.6 Å². The molecule has 3 rings (SSSR count). The first kappa shape index (κ1) is 13.5. The first-order valence-electron chi connectivity index (χ1n) is 7.26. The van der Waals surface area contributed by atoms with Gasteiger partial charge in [0.25, 0.3) is 0 Å². The second-order valence-corrected chi connectivity index (χ2v) is 5.99. The molecule has 1 aliphatic rings. The van der Waals surface area contributed by atoms with E-state index in [1.807, 2.05) is 35.0 Å². The fraction of sp³-hybridized carbons (Fsp3) is 0.438. The molecule has 1 fully saturated rings. The molecule has 0 bridgehead atoms. The number of fused-ring (bicyclic) bond motifs is 1. The topological polar surface area (TPSA) is 34.0 Å². The zero-order valence-electron chi connectivity index (χ0n) is 11.4. The quantitative estimate of drug-likeness (QED) is 0.918. The van der Waals surface area contributed by atoms with Crippen LogP contribution in [0.3, 0.4) is 0 Å². The van der Waals surface area contributed by atoms with Crippen LogP contribution in [-0.2, 0) is 11.3 Å². The average molecular weight is 291 g/mol. The number of carbonyl (C=O) groups is 1. The lowest BCUT2D eigenvalue weighted by molar-refractivity contribution is -0.122. The van der Waals surface area contributed by atoms with E-state index in [1.54, 1.807) is 0 Å². The van der Waals surface area contributed by atoms with Gasteiger partial charge in [0.15, 0.2) is 0 Å². The molecule has 0 unspecified atom stereocenters. The molecule has 106 valence electrons. The highest BCUT2D eigenvalue weighted by Gasteiger charge is 2.16. The van der Waals surface area contributed by atoms with E-state index >= 15 is 0 Å². The molecule has 0 spiro atoms. The molecular weight excluding hydrogens is 272 g/mol. The standard InChI is InChI=1S/C16H19ClN2O/c17-13-7-6-12-8-9-19(15(12)10-13)11-16(20)18-14-4-2-1-3-5-14/h6-10,14H,1-5,11H2,(H,18,20). The van der Waals surface area contributed by atoms with Gasteiger partial charge in [0.1, 0.15) is 6.54 Å². The summed E-state index contributed by atoms with van der Waals surface area (Å²) in [5.74, 6) is 0.0920. The number of hydrogen-bond acceptors (Lipinski definition) is 1. The van der Waals surface area contributed by atoms with Crippen LogP contribution in [0.25, 0.3) is 10.9 Å². The fourth-order valence-corrected chi connectivity index (χ4v) is 3.14. The Bertz CT molecular complexity index is 614. The predicted molar refractivity (Wildman–Crippen MR) is 82.0 cm³/mol. The molecule has 20 heavy (non-hydrogen) atoms. The molecule has 0 saturated heterocycles. The Kier molecular flexibility index (Phi) is 3.97. The van der Waals surface area contributed by atoms with E-state index < -0.39 is 0 Å². The second-order valence-electron chi connectivity index (χ2n) is 5.55. The number of amides is 1. The van der Waals surface area contributed by atoms with Gasteiger partial charge in [-0.25, -0.2) is 0 Å². The Morgan fingerprint density at radius 2 is 2.05 bits per heavy atom. The van der Waals surface area contributed by atoms with E-state index in [1.165, 1.54) is 19.3 Å². The fourth-order valence-electron chi connectivity index (χ4n) is 2.97. The van der Waals surface area contributed by atoms with Crippen LogP contribution in [0.4, 0.5) is 0 Å². The molecule has 0 radical (unpaired) electrons. The summed E-state index contributed by atoms with van der Waals surface area (Å²) in [5, 5.41) is 4.95. The normalized spacial score (nSPS) is 16.4. The van der Waals surface area contributed by atoms with Crippen molar-refractivity contribution in [2.75, 3.05) is 0 Å². The third-order valence-corrected chi connectivity index (χ3v) is 4.26. The number of nitrogens with one attached hydrogen (secondary N) is 1. The number of hydrogen-bond donors (Lipinski definition) is 1. The lowest BCUT2D eigenvalue weighted by atomic mass is 9.95. The molecule has 1 saturated carbocycles. The van der Waals surface area contributed by atoms with Gasteiger partial charge in [-0.3, -0.25) is 4.79 Å². The number of aromatic nitrogens is 1. The largest absolute Gasteiger partial charge is 0.352 e. The van der Waals surface area contributed by atoms with Gasteiger partial charge in [-0.15, -0.1) is 0 Å². The maximum absolute atomic E-state index is 12.1. The van der Waals surface area contributed by atoms with Crippen LogP contribution in [0.1, 0.15) is 32.1 Å². The van der Waals surface area contributed by atoms with Crippen molar-refractivity contribution >= 4 is 28.4 Å². The summed E-state index contributed by atoms with van der Waals surface area (Å²) in [5.41, 5.74) is 1.01. The maximum Gasteiger partial charge on any atom is 0.240 e. The summed E-state index contributed by atoms with van der Waals surface area (Å²) in [6.07, 6.45) is 7.93. The Labute approximate surface area is 123 Å². The Balaban J connectivity index is 1.69. The van der Waals surface area contributed by atoms with E-state index in [-0.39, 0.29) is 5.91 Å². The average Bonchev–Trinajstić information content (AvgIpc) is 2.82. The van der Waals surface area contributed by atoms with Gasteiger partial charge in [0.2, 0.25) is 5.91 Å². The molecule has 3 nitrogen and oxygen atoms in total. The molecule has 1 amide bonds. The lowest BCUT2D eigenvalue weighted by Gasteiger charge is -2.22. The molecule has 2 aromatic rings. The van der Waals surface area contributed by atoms with Crippen molar-refractivity contribution in [3.8, 4) is 0 Å². The summed E-state index contributed by atoms with van der Waals surface area (Å²) >= 11 is 6.03. The molecule has 1 aliphatic carbocycles. The smallest absolute Gasteiger partial charge is 0.240 e. The predicted octanol–water partition coefficient (Wildman–Crippen LogP) is 3.74. The lowest BCUT2D eigenvalue weighted by Crippen LogP contribution is -2.38. The maximum atomic E-state index is 12.1. The zero-order chi connectivity index (χ0) is 13.9. The summed E-state index contributed by atoms with van der Waals surface area (Å²) in [4.78, 5) is 12.1. The van der Waals surface area contributed by atoms with E-state index in [4.69, 9.17) is 11.6 Å². The number of rotatable bonds is 3. The molecule has 0 atom stereocenters. The Hall–Kier alpha value is -1.48. The first-order valence-corrected chi connectivity index (χ1v) is 7.64. The van der Waals surface area contributed by atoms with Crippen molar-refractivity contribution in [2.24, 2.45) is 0 Å². The van der Waals surface area contributed by atoms with E-state index in [0.29, 0.717) is 17.6 Å². The van der Waals surface area contributed by atoms with Crippen LogP contribution in [0.15, 0.2) is 30.5 Å². The Morgan fingerprint density at radius 1 is 1.25 bits per heavy atom. The first-order chi connectivity index (χ1) is 9.72. The highest BCUT2D eigenvalue weighted by Crippen LogP contribution is 2.21. The van der Waals surface area contributed by atoms with E-state index in [2.05, 4.69) is 5.32 Å². The van der Waals surface area contributed by atoms with Gasteiger partial charge < -0.3 is 9.88 Å². The second kappa shape index (κ2) is 5.88. The van der Waals surface area contributed by atoms with Crippen molar-refractivity contribution < 1.29 is 4.79 Å². The van der Waals surface area contributed by atoms with Gasteiger partial charge in [-0.2, -0.15) is 0 Å². The zero-order valence-corrected chi connectivity index (χ0v) is 12.2. The van der Waals surface area contributed by atoms with Crippen LogP contribution in [0.5, 0.6) is 0 Å². The van der Waals surface area contributed by atoms with Crippen LogP contribution in [0.2, 0.25) is 5.02 Å². The van der Waals surface area contributed by atoms with Gasteiger partial charge >= 0.3 is 0 Å². The number of halogens is 1. The minimum Gasteiger partial charge on any atom is -0.352 e. The van der Waals surface area contributed by atoms with E-state index in [0.717, 1.165) is 23.7 Å². The van der Waals surface area contributed by atoms with Crippen molar-refractivity contribution in [3.05, 3.63) is 35.5 Å². The minimum atomic E-state index is 0.0920. The van der Waals surface area contributed by atoms with E-state index in [9.17, 15) is 4.79 Å². The van der Waals surface area contributed by atoms with Crippen LogP contribution in [-0.4, -0.2) is 16.5 Å². The third kappa shape index (κ3) is 2.98. The summed E-state index contributed by atoms with van der Waals surface area (Å²) in [6.45, 7) is 0.361. The number of carbonyl (C=O) groups excluding carboxylic acids is 1. The molecular formula is C16H19ClN2O. The summed E-state index contributed by atoms with van der Waals surface area (Å²) in [6, 6.07) is 8.13. The highest BCUT2D eigenvalue weighted by atomic mass is 35.5. The van der Waals surface area contributed by atoms with Crippen molar-refractivity contribution in [3.63, 3.8) is 0 Å². The Morgan fingerprint density at radius 3 is 2.85 bits per heavy atom. The summed E-state index contributed by atoms with van der Waals surface area (Å²) in [7, 11) is 0. The molecule has 0 aliphatic heterocycles. The molecule has 4 heteroatoms. The van der Waals surface area contributed by atoms with Crippen molar-refractivity contribution in [1.82, 2.24) is 9.88 Å². The molecule has 1 aromatic heterocycles. The van der Waals surface area contributed by atoms with Gasteiger partial charge in [-0.05, 0) is 36.4 Å². The highest BCUT2D eigenvalue weighted by molar-refractivity contribution is 6.31. The minimum absolute atomic E-state index is 0.0920. The van der Waals surface area contributed by atoms with Gasteiger partial charge in [0, 0.05) is 22.8 Å². The van der Waals surface area contributed by atoms with Crippen LogP contribution < -0.4 is 5.32 Å². The van der Waals surface area contributed by atoms with Crippen LogP contribution in [0, 0.1) is 0 Å². The monoisotopic (exact) mass is 290 g/mol. The van der Waals surface area contributed by atoms with Gasteiger partial charge in [-0.1, -0.05) is 36.9 Å². The van der Waals surface area contributed by atoms with Gasteiger partial charge in [0.05, 0.1) is 0 Å². The molecule has 1 N–H and O–H groups in total. The third-order valence-electron chi connectivity index (χ3n) is 4.02. The van der Waals surface area contributed by atoms with Crippen molar-refractivity contribution in [2.45, 2.75) is 44.7 Å². The van der Waals surface area contributed by atoms with Crippen molar-refractivity contribution in [1.29, 1.82) is 0 Å². The number of nitrogens with zero attached hydrogens (tertiary/aromatic N) is 1. The number of benzene rings is 1.